The Balaban J connectivity index is 0.000000431. The van der Waals surface area contributed by atoms with Crippen LogP contribution in [0.5, 0.6) is 0 Å². The number of aryl methyl sites for hydroxylation is 2. The highest BCUT2D eigenvalue weighted by molar-refractivity contribution is 6.38. The van der Waals surface area contributed by atoms with Crippen LogP contribution in [0.3, 0.4) is 0 Å². The third-order valence-corrected chi connectivity index (χ3v) is 7.98. The smallest absolute Gasteiger partial charge is 0.262 e. The van der Waals surface area contributed by atoms with Gasteiger partial charge >= 0.3 is 0 Å². The van der Waals surface area contributed by atoms with E-state index in [1.807, 2.05) is 32.2 Å². The number of rotatable bonds is 8. The Hall–Kier alpha value is -3.68. The van der Waals surface area contributed by atoms with E-state index in [0.717, 1.165) is 40.9 Å². The fourth-order valence-electron chi connectivity index (χ4n) is 4.55. The number of benzene rings is 2. The second-order valence-electron chi connectivity index (χ2n) is 10.7. The molecule has 0 radical (unpaired) electrons. The van der Waals surface area contributed by atoms with Gasteiger partial charge in [0, 0.05) is 18.4 Å². The van der Waals surface area contributed by atoms with Crippen molar-refractivity contribution < 1.29 is 9.59 Å². The summed E-state index contributed by atoms with van der Waals surface area (Å²) in [7, 11) is 1.89. The van der Waals surface area contributed by atoms with Gasteiger partial charge in [0.1, 0.15) is 5.15 Å². The van der Waals surface area contributed by atoms with Crippen molar-refractivity contribution in [3.05, 3.63) is 93.7 Å². The van der Waals surface area contributed by atoms with Gasteiger partial charge in [0.15, 0.2) is 0 Å². The number of halogens is 2. The van der Waals surface area contributed by atoms with Crippen LogP contribution in [-0.2, 0) is 16.0 Å². The third-order valence-electron chi connectivity index (χ3n) is 7.37. The van der Waals surface area contributed by atoms with Gasteiger partial charge < -0.3 is 16.4 Å². The SMILES string of the molecule is C=C1c2cc(NC=O)ccc2CCCC(C(N)=O)=NC1CC(C)c1ccc(NC)cc1.CCCC.Cc1nc(Cl)ccc1Cl. The van der Waals surface area contributed by atoms with Gasteiger partial charge in [0.05, 0.1) is 22.5 Å². The van der Waals surface area contributed by atoms with Gasteiger partial charge in [-0.25, -0.2) is 4.98 Å². The van der Waals surface area contributed by atoms with Crippen LogP contribution >= 0.6 is 23.2 Å². The highest BCUT2D eigenvalue weighted by Gasteiger charge is 2.23. The maximum Gasteiger partial charge on any atom is 0.262 e. The van der Waals surface area contributed by atoms with Crippen molar-refractivity contribution in [2.24, 2.45) is 10.7 Å². The lowest BCUT2D eigenvalue weighted by molar-refractivity contribution is -0.112. The highest BCUT2D eigenvalue weighted by atomic mass is 35.5. The predicted octanol–water partition coefficient (Wildman–Crippen LogP) is 8.64. The Morgan fingerprint density at radius 2 is 1.73 bits per heavy atom. The zero-order chi connectivity index (χ0) is 32.6. The Kier molecular flexibility index (Phi) is 15.7. The van der Waals surface area contributed by atoms with Crippen molar-refractivity contribution >= 4 is 58.2 Å². The Bertz CT molecular complexity index is 1420. The maximum atomic E-state index is 12.0. The number of hydrogen-bond acceptors (Lipinski definition) is 5. The number of carbonyl (C=O) groups is 2. The fraction of sp³-hybridized carbons (Fsp3) is 0.371. The van der Waals surface area contributed by atoms with Crippen molar-refractivity contribution in [1.29, 1.82) is 0 Å². The van der Waals surface area contributed by atoms with E-state index in [4.69, 9.17) is 33.9 Å². The molecule has 4 N–H and O–H groups in total. The minimum Gasteiger partial charge on any atom is -0.388 e. The number of anilines is 2. The summed E-state index contributed by atoms with van der Waals surface area (Å²) < 4.78 is 0. The predicted molar refractivity (Wildman–Crippen MR) is 187 cm³/mol. The number of nitrogens with zero attached hydrogens (tertiary/aromatic N) is 2. The first-order valence-electron chi connectivity index (χ1n) is 15.0. The first kappa shape index (κ1) is 36.5. The average Bonchev–Trinajstić information content (AvgIpc) is 3.08. The van der Waals surface area contributed by atoms with Crippen molar-refractivity contribution in [2.45, 2.75) is 78.2 Å². The van der Waals surface area contributed by atoms with Crippen molar-refractivity contribution in [3.63, 3.8) is 0 Å². The fourth-order valence-corrected chi connectivity index (χ4v) is 4.85. The molecule has 2 heterocycles. The molecule has 0 bridgehead atoms. The molecule has 9 heteroatoms. The lowest BCUT2D eigenvalue weighted by Crippen LogP contribution is -2.25. The summed E-state index contributed by atoms with van der Waals surface area (Å²) in [6, 6.07) is 17.3. The zero-order valence-electron chi connectivity index (χ0n) is 26.4. The molecule has 0 saturated carbocycles. The summed E-state index contributed by atoms with van der Waals surface area (Å²) in [4.78, 5) is 31.6. The van der Waals surface area contributed by atoms with Crippen LogP contribution in [0, 0.1) is 6.92 Å². The quantitative estimate of drug-likeness (QED) is 0.169. The molecule has 1 aliphatic rings. The van der Waals surface area contributed by atoms with Gasteiger partial charge in [-0.15, -0.1) is 0 Å². The molecule has 1 aliphatic heterocycles. The van der Waals surface area contributed by atoms with Gasteiger partial charge in [-0.3, -0.25) is 14.6 Å². The molecule has 1 aromatic heterocycles. The Labute approximate surface area is 272 Å². The third kappa shape index (κ3) is 11.4. The number of hydrogen-bond donors (Lipinski definition) is 3. The number of carbonyl (C=O) groups excluding carboxylic acids is 2. The number of primary amides is 1. The summed E-state index contributed by atoms with van der Waals surface area (Å²) in [5.41, 5.74) is 12.7. The molecule has 2 unspecified atom stereocenters. The molecule has 0 spiro atoms. The van der Waals surface area contributed by atoms with Gasteiger partial charge in [-0.05, 0) is 97.2 Å². The maximum absolute atomic E-state index is 12.0. The summed E-state index contributed by atoms with van der Waals surface area (Å²) in [6.07, 6.45) is 6.10. The number of pyridine rings is 1. The van der Waals surface area contributed by atoms with Crippen LogP contribution in [0.15, 0.2) is 66.2 Å². The second kappa shape index (κ2) is 18.9. The number of amides is 2. The zero-order valence-corrected chi connectivity index (χ0v) is 27.9. The molecule has 44 heavy (non-hydrogen) atoms. The van der Waals surface area contributed by atoms with E-state index in [0.29, 0.717) is 40.8 Å². The van der Waals surface area contributed by atoms with E-state index in [1.165, 1.54) is 18.4 Å². The number of aliphatic imine (C=N–C) groups is 1. The van der Waals surface area contributed by atoms with E-state index in [2.05, 4.69) is 67.2 Å². The molecule has 0 fully saturated rings. The highest BCUT2D eigenvalue weighted by Crippen LogP contribution is 2.34. The van der Waals surface area contributed by atoms with Gasteiger partial charge in [-0.1, -0.05) is 81.6 Å². The molecule has 0 aliphatic carbocycles. The van der Waals surface area contributed by atoms with Crippen LogP contribution < -0.4 is 16.4 Å². The lowest BCUT2D eigenvalue weighted by Gasteiger charge is -2.23. The number of nitrogens with two attached hydrogens (primary N) is 1. The Morgan fingerprint density at radius 1 is 1.07 bits per heavy atom. The first-order valence-corrected chi connectivity index (χ1v) is 15.7. The summed E-state index contributed by atoms with van der Waals surface area (Å²) >= 11 is 11.2. The molecular weight excluding hydrogens is 593 g/mol. The molecule has 3 aromatic rings. The molecule has 2 aromatic carbocycles. The molecule has 2 amide bonds. The van der Waals surface area contributed by atoms with Crippen LogP contribution in [-0.4, -0.2) is 36.1 Å². The van der Waals surface area contributed by atoms with Crippen molar-refractivity contribution in [1.82, 2.24) is 4.98 Å². The number of aromatic nitrogens is 1. The first-order chi connectivity index (χ1) is 21.0. The van der Waals surface area contributed by atoms with Crippen molar-refractivity contribution in [2.75, 3.05) is 17.7 Å². The molecule has 7 nitrogen and oxygen atoms in total. The average molecular weight is 639 g/mol. The van der Waals surface area contributed by atoms with Gasteiger partial charge in [-0.2, -0.15) is 0 Å². The molecule has 0 saturated heterocycles. The second-order valence-corrected chi connectivity index (χ2v) is 11.5. The van der Waals surface area contributed by atoms with E-state index in [9.17, 15) is 9.59 Å². The number of nitrogens with one attached hydrogen (secondary N) is 2. The van der Waals surface area contributed by atoms with Crippen molar-refractivity contribution in [3.8, 4) is 0 Å². The number of fused-ring (bicyclic) bond motifs is 1. The number of unbranched alkanes of at least 4 members (excludes halogenated alkanes) is 1. The molecular formula is C35H45Cl2N5O2. The van der Waals surface area contributed by atoms with Crippen LogP contribution in [0.25, 0.3) is 5.57 Å². The summed E-state index contributed by atoms with van der Waals surface area (Å²) in [5, 5.41) is 6.98. The van der Waals surface area contributed by atoms with Crippen LogP contribution in [0.1, 0.15) is 81.2 Å². The van der Waals surface area contributed by atoms with Gasteiger partial charge in [0.25, 0.3) is 5.91 Å². The van der Waals surface area contributed by atoms with Crippen LogP contribution in [0.2, 0.25) is 10.2 Å². The largest absolute Gasteiger partial charge is 0.388 e. The minimum atomic E-state index is -0.474. The monoisotopic (exact) mass is 637 g/mol. The summed E-state index contributed by atoms with van der Waals surface area (Å²) in [5.74, 6) is -0.274. The molecule has 236 valence electrons. The molecule has 2 atom stereocenters. The van der Waals surface area contributed by atoms with Gasteiger partial charge in [0.2, 0.25) is 6.41 Å². The lowest BCUT2D eigenvalue weighted by atomic mass is 9.86. The van der Waals surface area contributed by atoms with E-state index in [-0.39, 0.29) is 12.0 Å². The minimum absolute atomic E-state index is 0.200. The molecule has 4 rings (SSSR count). The topological polar surface area (TPSA) is 109 Å². The van der Waals surface area contributed by atoms with Crippen LogP contribution in [0.4, 0.5) is 11.4 Å². The van der Waals surface area contributed by atoms with E-state index in [1.54, 1.807) is 12.1 Å². The Morgan fingerprint density at radius 3 is 2.27 bits per heavy atom. The normalized spacial score (nSPS) is 14.8. The summed E-state index contributed by atoms with van der Waals surface area (Å²) in [6.45, 7) is 12.7. The standard InChI is InChI=1S/C25H30N4O2.C6H5Cl2N.C4H10/c1-16(18-7-10-20(27-3)11-8-18)13-24-17(2)22-14-21(28-15-30)12-9-19(22)5-4-6-23(29-24)25(26)31;1-4-5(7)2-3-6(8)9-4;1-3-4-2/h7-12,14-16,24,27H,2,4-6,13H2,1,3H3,(H2,26,31)(H,28,30);2-3H,1H3;3-4H2,1-2H3. The van der Waals surface area contributed by atoms with E-state index >= 15 is 0 Å². The van der Waals surface area contributed by atoms with E-state index < -0.39 is 5.91 Å².